The number of aryl methyl sites for hydroxylation is 2. The largest absolute Gasteiger partial charge is 0.454 e. The summed E-state index contributed by atoms with van der Waals surface area (Å²) < 4.78 is 10.4. The van der Waals surface area contributed by atoms with Crippen LogP contribution >= 0.6 is 11.8 Å². The van der Waals surface area contributed by atoms with E-state index in [0.29, 0.717) is 23.2 Å². The third-order valence-electron chi connectivity index (χ3n) is 4.69. The number of nitrogens with zero attached hydrogens (tertiary/aromatic N) is 2. The molecule has 2 aromatic rings. The first-order chi connectivity index (χ1) is 15.2. The first-order valence-electron chi connectivity index (χ1n) is 9.43. The van der Waals surface area contributed by atoms with Crippen molar-refractivity contribution in [3.05, 3.63) is 62.0 Å². The molecule has 4 rings (SSSR count). The average Bonchev–Trinajstić information content (AvgIpc) is 3.26. The summed E-state index contributed by atoms with van der Waals surface area (Å²) in [5.74, 6) is -0.714. The predicted molar refractivity (Wildman–Crippen MR) is 116 cm³/mol. The second kappa shape index (κ2) is 8.35. The lowest BCUT2D eigenvalue weighted by molar-refractivity contribution is -0.385. The zero-order chi connectivity index (χ0) is 23.0. The van der Waals surface area contributed by atoms with E-state index in [1.54, 1.807) is 12.1 Å². The lowest BCUT2D eigenvalue weighted by Gasteiger charge is -2.13. The highest BCUT2D eigenvalue weighted by atomic mass is 32.2. The zero-order valence-corrected chi connectivity index (χ0v) is 17.9. The van der Waals surface area contributed by atoms with Crippen LogP contribution in [0.15, 0.2) is 35.2 Å². The predicted octanol–water partition coefficient (Wildman–Crippen LogP) is 3.62. The molecule has 0 spiro atoms. The van der Waals surface area contributed by atoms with E-state index < -0.39 is 28.5 Å². The molecule has 1 N–H and O–H groups in total. The van der Waals surface area contributed by atoms with Crippen LogP contribution in [0.3, 0.4) is 0 Å². The minimum atomic E-state index is -0.706. The van der Waals surface area contributed by atoms with Crippen molar-refractivity contribution < 1.29 is 28.8 Å². The van der Waals surface area contributed by atoms with Crippen molar-refractivity contribution in [2.24, 2.45) is 0 Å². The van der Waals surface area contributed by atoms with Crippen LogP contribution in [-0.2, 0) is 9.59 Å². The molecule has 32 heavy (non-hydrogen) atoms. The van der Waals surface area contributed by atoms with Gasteiger partial charge in [-0.05, 0) is 61.0 Å². The molecular formula is C21H17N3O7S. The highest BCUT2D eigenvalue weighted by molar-refractivity contribution is 8.18. The van der Waals surface area contributed by atoms with E-state index in [4.69, 9.17) is 9.47 Å². The highest BCUT2D eigenvalue weighted by Crippen LogP contribution is 2.40. The summed E-state index contributed by atoms with van der Waals surface area (Å²) in [5.41, 5.74) is 2.27. The number of nitrogens with one attached hydrogen (secondary N) is 1. The van der Waals surface area contributed by atoms with Gasteiger partial charge < -0.3 is 14.8 Å². The molecule has 1 fully saturated rings. The molecule has 0 radical (unpaired) electrons. The molecule has 11 heteroatoms. The number of carbonyl (C=O) groups is 3. The van der Waals surface area contributed by atoms with E-state index in [9.17, 15) is 24.5 Å². The van der Waals surface area contributed by atoms with Crippen molar-refractivity contribution in [2.75, 3.05) is 18.7 Å². The summed E-state index contributed by atoms with van der Waals surface area (Å²) in [7, 11) is 0. The van der Waals surface area contributed by atoms with E-state index in [0.717, 1.165) is 16.0 Å². The van der Waals surface area contributed by atoms with Gasteiger partial charge in [-0.15, -0.1) is 0 Å². The number of nitro groups is 1. The number of ether oxygens (including phenoxy) is 2. The Kier molecular flexibility index (Phi) is 5.57. The molecule has 0 atom stereocenters. The molecule has 2 heterocycles. The van der Waals surface area contributed by atoms with Crippen molar-refractivity contribution in [1.29, 1.82) is 0 Å². The van der Waals surface area contributed by atoms with Gasteiger partial charge in [0.15, 0.2) is 11.5 Å². The summed E-state index contributed by atoms with van der Waals surface area (Å²) in [5, 5.41) is 13.5. The molecule has 0 aliphatic carbocycles. The average molecular weight is 455 g/mol. The van der Waals surface area contributed by atoms with E-state index >= 15 is 0 Å². The molecule has 2 aliphatic heterocycles. The van der Waals surface area contributed by atoms with Gasteiger partial charge in [0.25, 0.3) is 16.8 Å². The number of carbonyl (C=O) groups excluding carboxylic acids is 3. The van der Waals surface area contributed by atoms with Crippen LogP contribution in [-0.4, -0.2) is 40.2 Å². The van der Waals surface area contributed by atoms with Gasteiger partial charge in [0, 0.05) is 5.69 Å². The van der Waals surface area contributed by atoms with Crippen LogP contribution in [0.25, 0.3) is 6.08 Å². The molecule has 10 nitrogen and oxygen atoms in total. The van der Waals surface area contributed by atoms with E-state index in [1.807, 2.05) is 19.9 Å². The van der Waals surface area contributed by atoms with E-state index in [-0.39, 0.29) is 28.7 Å². The number of thioether (sulfide) groups is 1. The summed E-state index contributed by atoms with van der Waals surface area (Å²) in [6.07, 6.45) is 1.24. The first-order valence-corrected chi connectivity index (χ1v) is 10.2. The maximum absolute atomic E-state index is 12.7. The summed E-state index contributed by atoms with van der Waals surface area (Å²) in [4.78, 5) is 49.1. The first kappa shape index (κ1) is 21.4. The van der Waals surface area contributed by atoms with Crippen molar-refractivity contribution in [3.63, 3.8) is 0 Å². The Labute approximate surface area is 186 Å². The summed E-state index contributed by atoms with van der Waals surface area (Å²) in [6, 6.07) is 8.08. The number of benzene rings is 2. The highest BCUT2D eigenvalue weighted by Gasteiger charge is 2.37. The minimum absolute atomic E-state index is 0.0313. The maximum atomic E-state index is 12.7. The molecular weight excluding hydrogens is 438 g/mol. The standard InChI is InChI=1S/C21H17N3O7S/c1-11-3-12(2)5-14(4-11)22-19(25)9-23-20(26)18(32-21(23)27)7-13-6-16-17(31-10-30-16)8-15(13)24(28)29/h3-8H,9-10H2,1-2H3,(H,22,25)/b18-7-. The fourth-order valence-electron chi connectivity index (χ4n) is 3.39. The minimum Gasteiger partial charge on any atom is -0.454 e. The molecule has 2 aromatic carbocycles. The van der Waals surface area contributed by atoms with Gasteiger partial charge in [-0.3, -0.25) is 29.4 Å². The summed E-state index contributed by atoms with van der Waals surface area (Å²) in [6.45, 7) is 3.23. The van der Waals surface area contributed by atoms with E-state index in [1.165, 1.54) is 18.2 Å². The van der Waals surface area contributed by atoms with Gasteiger partial charge in [0.1, 0.15) is 6.54 Å². The molecule has 0 saturated carbocycles. The lowest BCUT2D eigenvalue weighted by atomic mass is 10.1. The third kappa shape index (κ3) is 4.28. The monoisotopic (exact) mass is 455 g/mol. The van der Waals surface area contributed by atoms with Gasteiger partial charge in [-0.25, -0.2) is 0 Å². The van der Waals surface area contributed by atoms with Crippen LogP contribution in [0.2, 0.25) is 0 Å². The number of hydrogen-bond acceptors (Lipinski definition) is 8. The third-order valence-corrected chi connectivity index (χ3v) is 5.59. The molecule has 0 unspecified atom stereocenters. The Hall–Kier alpha value is -3.86. The second-order valence-electron chi connectivity index (χ2n) is 7.21. The molecule has 1 saturated heterocycles. The van der Waals surface area contributed by atoms with Gasteiger partial charge in [-0.1, -0.05) is 6.07 Å². The Morgan fingerprint density at radius 2 is 1.81 bits per heavy atom. The fourth-order valence-corrected chi connectivity index (χ4v) is 4.22. The quantitative estimate of drug-likeness (QED) is 0.411. The number of anilines is 1. The van der Waals surface area contributed by atoms with Crippen LogP contribution in [0.1, 0.15) is 16.7 Å². The number of rotatable bonds is 5. The number of imide groups is 1. The Morgan fingerprint density at radius 1 is 1.16 bits per heavy atom. The number of fused-ring (bicyclic) bond motifs is 1. The van der Waals surface area contributed by atoms with Gasteiger partial charge in [0.05, 0.1) is 21.5 Å². The lowest BCUT2D eigenvalue weighted by Crippen LogP contribution is -2.36. The van der Waals surface area contributed by atoms with Crippen LogP contribution in [0.5, 0.6) is 11.5 Å². The van der Waals surface area contributed by atoms with Crippen molar-refractivity contribution in [3.8, 4) is 11.5 Å². The van der Waals surface area contributed by atoms with Crippen LogP contribution in [0.4, 0.5) is 16.2 Å². The Balaban J connectivity index is 1.53. The Bertz CT molecular complexity index is 1190. The molecule has 0 bridgehead atoms. The van der Waals surface area contributed by atoms with Crippen molar-refractivity contribution >= 4 is 46.3 Å². The number of amides is 3. The summed E-state index contributed by atoms with van der Waals surface area (Å²) >= 11 is 0.607. The van der Waals surface area contributed by atoms with Crippen LogP contribution < -0.4 is 14.8 Å². The van der Waals surface area contributed by atoms with Gasteiger partial charge in [0.2, 0.25) is 12.7 Å². The smallest absolute Gasteiger partial charge is 0.294 e. The SMILES string of the molecule is Cc1cc(C)cc(NC(=O)CN2C(=O)S/C(=C\c3cc4c(cc3[N+](=O)[O-])OCO4)C2=O)c1. The maximum Gasteiger partial charge on any atom is 0.294 e. The van der Waals surface area contributed by atoms with E-state index in [2.05, 4.69) is 5.32 Å². The number of nitro benzene ring substituents is 1. The molecule has 3 amide bonds. The Morgan fingerprint density at radius 3 is 2.47 bits per heavy atom. The van der Waals surface area contributed by atoms with Crippen LogP contribution in [0, 0.1) is 24.0 Å². The fraction of sp³-hybridized carbons (Fsp3) is 0.190. The topological polar surface area (TPSA) is 128 Å². The van der Waals surface area contributed by atoms with Crippen molar-refractivity contribution in [2.45, 2.75) is 13.8 Å². The van der Waals surface area contributed by atoms with Crippen molar-refractivity contribution in [1.82, 2.24) is 4.90 Å². The molecule has 0 aromatic heterocycles. The molecule has 2 aliphatic rings. The number of hydrogen-bond donors (Lipinski definition) is 1. The zero-order valence-electron chi connectivity index (χ0n) is 17.0. The molecule has 164 valence electrons. The normalized spacial score (nSPS) is 16.1. The van der Waals surface area contributed by atoms with Gasteiger partial charge in [-0.2, -0.15) is 0 Å². The second-order valence-corrected chi connectivity index (χ2v) is 8.21. The van der Waals surface area contributed by atoms with Gasteiger partial charge >= 0.3 is 0 Å².